The van der Waals surface area contributed by atoms with E-state index in [0.29, 0.717) is 5.69 Å². The van der Waals surface area contributed by atoms with Gasteiger partial charge in [-0.2, -0.15) is 5.10 Å². The molecule has 2 aromatic heterocycles. The average Bonchev–Trinajstić information content (AvgIpc) is 3.23. The largest absolute Gasteiger partial charge is 0.344 e. The Morgan fingerprint density at radius 1 is 1.32 bits per heavy atom. The van der Waals surface area contributed by atoms with Gasteiger partial charge in [-0.15, -0.1) is 11.3 Å². The maximum atomic E-state index is 12.4. The van der Waals surface area contributed by atoms with Gasteiger partial charge in [0, 0.05) is 16.6 Å². The summed E-state index contributed by atoms with van der Waals surface area (Å²) in [5.41, 5.74) is 3.52. The Kier molecular flexibility index (Phi) is 5.28. The first kappa shape index (κ1) is 17.4. The van der Waals surface area contributed by atoms with E-state index in [-0.39, 0.29) is 11.9 Å². The predicted octanol–water partition coefficient (Wildman–Crippen LogP) is 4.08. The highest BCUT2D eigenvalue weighted by Gasteiger charge is 2.18. The summed E-state index contributed by atoms with van der Waals surface area (Å²) >= 11 is 1.54. The van der Waals surface area contributed by atoms with Gasteiger partial charge in [0.25, 0.3) is 5.91 Å². The molecular formula is C19H22N4OS. The third-order valence-electron chi connectivity index (χ3n) is 4.11. The van der Waals surface area contributed by atoms with Crippen LogP contribution in [0.2, 0.25) is 0 Å². The molecule has 0 spiro atoms. The molecule has 25 heavy (non-hydrogen) atoms. The van der Waals surface area contributed by atoms with Gasteiger partial charge >= 0.3 is 0 Å². The topological polar surface area (TPSA) is 59.8 Å². The van der Waals surface area contributed by atoms with Crippen molar-refractivity contribution in [2.24, 2.45) is 0 Å². The SMILES string of the molecule is CCCc1nc(C(=O)N[C@H](C)c2cnn(-c3ccccc3)c2C)cs1. The van der Waals surface area contributed by atoms with Crippen LogP contribution < -0.4 is 5.32 Å². The van der Waals surface area contributed by atoms with E-state index in [4.69, 9.17) is 0 Å². The van der Waals surface area contributed by atoms with E-state index in [1.54, 1.807) is 11.3 Å². The van der Waals surface area contributed by atoms with Gasteiger partial charge in [-0.05, 0) is 38.8 Å². The number of hydrogen-bond acceptors (Lipinski definition) is 4. The van der Waals surface area contributed by atoms with Crippen molar-refractivity contribution in [3.63, 3.8) is 0 Å². The summed E-state index contributed by atoms with van der Waals surface area (Å²) in [6.45, 7) is 6.09. The number of aromatic nitrogens is 3. The zero-order chi connectivity index (χ0) is 17.8. The van der Waals surface area contributed by atoms with Gasteiger partial charge in [0.05, 0.1) is 22.9 Å². The Bertz CT molecular complexity index is 853. The highest BCUT2D eigenvalue weighted by atomic mass is 32.1. The lowest BCUT2D eigenvalue weighted by Crippen LogP contribution is -2.27. The fourth-order valence-corrected chi connectivity index (χ4v) is 3.65. The summed E-state index contributed by atoms with van der Waals surface area (Å²) in [7, 11) is 0. The van der Waals surface area contributed by atoms with Crippen molar-refractivity contribution in [1.29, 1.82) is 0 Å². The molecule has 1 N–H and O–H groups in total. The van der Waals surface area contributed by atoms with Gasteiger partial charge in [-0.3, -0.25) is 4.79 Å². The number of hydrogen-bond donors (Lipinski definition) is 1. The van der Waals surface area contributed by atoms with Gasteiger partial charge in [0.1, 0.15) is 5.69 Å². The molecule has 0 saturated heterocycles. The minimum absolute atomic E-state index is 0.138. The molecule has 3 rings (SSSR count). The molecule has 0 unspecified atom stereocenters. The molecule has 1 amide bonds. The lowest BCUT2D eigenvalue weighted by Gasteiger charge is -2.13. The van der Waals surface area contributed by atoms with Gasteiger partial charge in [-0.1, -0.05) is 25.1 Å². The van der Waals surface area contributed by atoms with E-state index in [0.717, 1.165) is 34.8 Å². The monoisotopic (exact) mass is 354 g/mol. The van der Waals surface area contributed by atoms with Crippen molar-refractivity contribution in [2.45, 2.75) is 39.7 Å². The molecule has 0 saturated carbocycles. The van der Waals surface area contributed by atoms with E-state index in [1.807, 2.05) is 60.4 Å². The molecule has 0 aliphatic heterocycles. The van der Waals surface area contributed by atoms with Crippen LogP contribution in [0.3, 0.4) is 0 Å². The van der Waals surface area contributed by atoms with Crippen LogP contribution >= 0.6 is 11.3 Å². The molecule has 0 aliphatic carbocycles. The Morgan fingerprint density at radius 3 is 2.80 bits per heavy atom. The Morgan fingerprint density at radius 2 is 2.08 bits per heavy atom. The second-order valence-corrected chi connectivity index (χ2v) is 6.95. The van der Waals surface area contributed by atoms with Crippen LogP contribution in [-0.2, 0) is 6.42 Å². The van der Waals surface area contributed by atoms with Crippen LogP contribution in [-0.4, -0.2) is 20.7 Å². The van der Waals surface area contributed by atoms with Gasteiger partial charge in [-0.25, -0.2) is 9.67 Å². The van der Waals surface area contributed by atoms with Crippen molar-refractivity contribution in [3.05, 3.63) is 63.9 Å². The molecule has 2 heterocycles. The predicted molar refractivity (Wildman–Crippen MR) is 100 cm³/mol. The summed E-state index contributed by atoms with van der Waals surface area (Å²) in [5.74, 6) is -0.141. The first-order valence-electron chi connectivity index (χ1n) is 8.45. The summed E-state index contributed by atoms with van der Waals surface area (Å²) in [6, 6.07) is 9.83. The van der Waals surface area contributed by atoms with Crippen LogP contribution in [0.4, 0.5) is 0 Å². The van der Waals surface area contributed by atoms with Crippen LogP contribution in [0.25, 0.3) is 5.69 Å². The zero-order valence-corrected chi connectivity index (χ0v) is 15.5. The first-order chi connectivity index (χ1) is 12.1. The molecule has 130 valence electrons. The van der Waals surface area contributed by atoms with Crippen LogP contribution in [0.5, 0.6) is 0 Å². The molecule has 6 heteroatoms. The molecule has 3 aromatic rings. The molecule has 0 aliphatic rings. The highest BCUT2D eigenvalue weighted by Crippen LogP contribution is 2.21. The lowest BCUT2D eigenvalue weighted by molar-refractivity contribution is 0.0935. The van der Waals surface area contributed by atoms with E-state index in [9.17, 15) is 4.79 Å². The molecule has 0 bridgehead atoms. The average molecular weight is 354 g/mol. The molecular weight excluding hydrogens is 332 g/mol. The maximum Gasteiger partial charge on any atom is 0.271 e. The second-order valence-electron chi connectivity index (χ2n) is 6.00. The number of carbonyl (C=O) groups is 1. The minimum Gasteiger partial charge on any atom is -0.344 e. The summed E-state index contributed by atoms with van der Waals surface area (Å²) in [5, 5.41) is 10.3. The van der Waals surface area contributed by atoms with Gasteiger partial charge < -0.3 is 5.32 Å². The Hall–Kier alpha value is -2.47. The summed E-state index contributed by atoms with van der Waals surface area (Å²) in [6.07, 6.45) is 3.76. The van der Waals surface area contributed by atoms with Crippen molar-refractivity contribution >= 4 is 17.2 Å². The Balaban J connectivity index is 1.74. The standard InChI is InChI=1S/C19H22N4OS/c1-4-8-18-22-17(12-25-18)19(24)21-13(2)16-11-20-23(14(16)3)15-9-6-5-7-10-15/h5-7,9-13H,4,8H2,1-3H3,(H,21,24)/t13-/m1/s1. The minimum atomic E-state index is -0.141. The maximum absolute atomic E-state index is 12.4. The van der Waals surface area contributed by atoms with Crippen molar-refractivity contribution in [1.82, 2.24) is 20.1 Å². The third-order valence-corrected chi connectivity index (χ3v) is 5.02. The molecule has 0 radical (unpaired) electrons. The smallest absolute Gasteiger partial charge is 0.271 e. The van der Waals surface area contributed by atoms with E-state index < -0.39 is 0 Å². The van der Waals surface area contributed by atoms with Crippen LogP contribution in [0.15, 0.2) is 41.9 Å². The molecule has 1 aromatic carbocycles. The number of amides is 1. The number of aryl methyl sites for hydroxylation is 1. The number of rotatable bonds is 6. The number of nitrogens with zero attached hydrogens (tertiary/aromatic N) is 3. The molecule has 0 fully saturated rings. The lowest BCUT2D eigenvalue weighted by atomic mass is 10.1. The first-order valence-corrected chi connectivity index (χ1v) is 9.33. The third kappa shape index (κ3) is 3.79. The second kappa shape index (κ2) is 7.61. The number of nitrogens with one attached hydrogen (secondary N) is 1. The number of benzene rings is 1. The van der Waals surface area contributed by atoms with Gasteiger partial charge in [0.15, 0.2) is 0 Å². The highest BCUT2D eigenvalue weighted by molar-refractivity contribution is 7.09. The van der Waals surface area contributed by atoms with Gasteiger partial charge in [0.2, 0.25) is 0 Å². The number of para-hydroxylation sites is 1. The van der Waals surface area contributed by atoms with E-state index >= 15 is 0 Å². The van der Waals surface area contributed by atoms with Crippen LogP contribution in [0.1, 0.15) is 53.1 Å². The van der Waals surface area contributed by atoms with Crippen LogP contribution in [0, 0.1) is 6.92 Å². The van der Waals surface area contributed by atoms with Crippen molar-refractivity contribution in [2.75, 3.05) is 0 Å². The Labute approximate surface area is 151 Å². The van der Waals surface area contributed by atoms with E-state index in [2.05, 4.69) is 22.3 Å². The summed E-state index contributed by atoms with van der Waals surface area (Å²) in [4.78, 5) is 16.8. The van der Waals surface area contributed by atoms with Crippen molar-refractivity contribution < 1.29 is 4.79 Å². The fourth-order valence-electron chi connectivity index (χ4n) is 2.77. The fraction of sp³-hybridized carbons (Fsp3) is 0.316. The normalized spacial score (nSPS) is 12.1. The number of thiazole rings is 1. The summed E-state index contributed by atoms with van der Waals surface area (Å²) < 4.78 is 1.89. The molecule has 1 atom stereocenters. The number of carbonyl (C=O) groups excluding carboxylic acids is 1. The van der Waals surface area contributed by atoms with E-state index in [1.165, 1.54) is 0 Å². The quantitative estimate of drug-likeness (QED) is 0.725. The zero-order valence-electron chi connectivity index (χ0n) is 14.7. The molecule has 5 nitrogen and oxygen atoms in total. The van der Waals surface area contributed by atoms with Crippen molar-refractivity contribution in [3.8, 4) is 5.69 Å².